The predicted octanol–water partition coefficient (Wildman–Crippen LogP) is 10.2. The molecular weight excluding hydrogens is 889 g/mol. The van der Waals surface area contributed by atoms with E-state index in [2.05, 4.69) is 33.5 Å². The topological polar surface area (TPSA) is 128 Å². The van der Waals surface area contributed by atoms with E-state index in [0.29, 0.717) is 92.2 Å². The second kappa shape index (κ2) is 17.7. The molecule has 354 valence electrons. The fourth-order valence-electron chi connectivity index (χ4n) is 14.4. The van der Waals surface area contributed by atoms with Gasteiger partial charge in [-0.25, -0.2) is 4.39 Å². The lowest BCUT2D eigenvalue weighted by Crippen LogP contribution is -2.63. The van der Waals surface area contributed by atoms with Crippen LogP contribution in [0.25, 0.3) is 0 Å². The Kier molecular flexibility index (Phi) is 12.2. The maximum Gasteiger partial charge on any atom is 0.255 e. The highest BCUT2D eigenvalue weighted by atomic mass is 35.5. The number of allylic oxidation sites excluding steroid dienone is 1. The van der Waals surface area contributed by atoms with Crippen LogP contribution in [0, 0.1) is 11.2 Å². The number of likely N-dealkylation sites (N-methyl/N-ethyl adjacent to an activating group) is 1. The van der Waals surface area contributed by atoms with E-state index in [-0.39, 0.29) is 39.6 Å². The van der Waals surface area contributed by atoms with E-state index in [0.717, 1.165) is 87.3 Å². The summed E-state index contributed by atoms with van der Waals surface area (Å²) in [5.74, 6) is -1.82. The van der Waals surface area contributed by atoms with Gasteiger partial charge in [-0.15, -0.1) is 0 Å². The smallest absolute Gasteiger partial charge is 0.255 e. The Labute approximate surface area is 403 Å². The number of Topliss-reactive ketones (excluding diaryl/α,β-unsaturated/α-hetero) is 1. The van der Waals surface area contributed by atoms with Gasteiger partial charge in [0.05, 0.1) is 11.1 Å². The summed E-state index contributed by atoms with van der Waals surface area (Å²) in [5.41, 5.74) is 2.27. The van der Waals surface area contributed by atoms with Gasteiger partial charge in [-0.3, -0.25) is 28.9 Å². The molecule has 2 bridgehead atoms. The normalized spacial score (nSPS) is 29.6. The number of nitrogens with zero attached hydrogens (tertiary/aromatic N) is 2. The van der Waals surface area contributed by atoms with E-state index in [1.54, 1.807) is 29.2 Å². The number of anilines is 1. The molecule has 3 N–H and O–H groups in total. The standard InChI is InChI=1S/C54H62Cl2FN5O5/c1-3-62-46(44(37-16-12-17-40(56)45(37)57)54(53(62)23-9-6-10-24-53)39-21-20-35(55)31-41(39)59-50(54)67)48(65)60-52-28-25-51(26-29-52,27-30-52)43(63)18-8-5-4-7-13-34-14-11-15-36-38(34)32-61(49(36)66)42-22-19-33(2)58-47(42)64/h11-12,14-17,20-21,31,42,44,46H,2-10,13,18-19,22-30,32H2,1H3,(H,58,64)(H,59,67)(H,60,65)/t42?,44-,46+,51?,52?,54+/m0/s1. The minimum Gasteiger partial charge on any atom is -0.349 e. The van der Waals surface area contributed by atoms with E-state index in [4.69, 9.17) is 23.2 Å². The number of nitrogens with one attached hydrogen (secondary N) is 3. The molecule has 6 fully saturated rings. The Hall–Kier alpha value is -4.58. The van der Waals surface area contributed by atoms with Crippen LogP contribution in [0.5, 0.6) is 0 Å². The maximum absolute atomic E-state index is 16.7. The molecule has 2 spiro atoms. The molecule has 4 saturated carbocycles. The summed E-state index contributed by atoms with van der Waals surface area (Å²) in [7, 11) is 0. The molecule has 8 aliphatic rings. The first-order chi connectivity index (χ1) is 32.3. The number of ketones is 1. The van der Waals surface area contributed by atoms with Crippen molar-refractivity contribution in [2.45, 2.75) is 170 Å². The number of fused-ring (bicyclic) bond motifs is 7. The summed E-state index contributed by atoms with van der Waals surface area (Å²) in [6.07, 6.45) is 14.7. The fraction of sp³-hybridized carbons (Fsp3) is 0.537. The number of likely N-dealkylation sites (tertiary alicyclic amines) is 1. The van der Waals surface area contributed by atoms with Gasteiger partial charge in [0, 0.05) is 57.3 Å². The van der Waals surface area contributed by atoms with Crippen LogP contribution in [0.2, 0.25) is 10.0 Å². The van der Waals surface area contributed by atoms with E-state index >= 15 is 14.0 Å². The molecule has 0 radical (unpaired) electrons. The molecule has 2 saturated heterocycles. The zero-order valence-corrected chi connectivity index (χ0v) is 40.1. The summed E-state index contributed by atoms with van der Waals surface area (Å²) in [6.45, 7) is 6.85. The van der Waals surface area contributed by atoms with Crippen molar-refractivity contribution in [2.24, 2.45) is 5.41 Å². The molecule has 13 heteroatoms. The van der Waals surface area contributed by atoms with Crippen LogP contribution in [0.1, 0.15) is 161 Å². The number of halogens is 3. The Morgan fingerprint density at radius 3 is 2.34 bits per heavy atom. The quantitative estimate of drug-likeness (QED) is 0.147. The summed E-state index contributed by atoms with van der Waals surface area (Å²) in [4.78, 5) is 74.6. The van der Waals surface area contributed by atoms with Gasteiger partial charge >= 0.3 is 0 Å². The molecular formula is C54H62Cl2FN5O5. The first-order valence-corrected chi connectivity index (χ1v) is 25.6. The summed E-state index contributed by atoms with van der Waals surface area (Å²) in [5, 5.41) is 9.99. The maximum atomic E-state index is 16.7. The third kappa shape index (κ3) is 7.38. The van der Waals surface area contributed by atoms with Crippen LogP contribution in [0.4, 0.5) is 10.1 Å². The molecule has 3 aromatic carbocycles. The number of rotatable bonds is 13. The van der Waals surface area contributed by atoms with Crippen molar-refractivity contribution in [3.8, 4) is 0 Å². The van der Waals surface area contributed by atoms with Crippen LogP contribution < -0.4 is 16.0 Å². The monoisotopic (exact) mass is 949 g/mol. The number of carbonyl (C=O) groups is 5. The van der Waals surface area contributed by atoms with Crippen LogP contribution in [-0.4, -0.2) is 68.9 Å². The average molecular weight is 951 g/mol. The van der Waals surface area contributed by atoms with Gasteiger partial charge in [0.1, 0.15) is 23.1 Å². The zero-order valence-electron chi connectivity index (χ0n) is 38.6. The van der Waals surface area contributed by atoms with Gasteiger partial charge in [-0.1, -0.05) is 99.1 Å². The molecule has 0 aromatic heterocycles. The number of aryl methyl sites for hydroxylation is 1. The molecule has 4 heterocycles. The third-order valence-electron chi connectivity index (χ3n) is 17.6. The van der Waals surface area contributed by atoms with E-state index in [1.165, 1.54) is 6.07 Å². The molecule has 10 nitrogen and oxygen atoms in total. The van der Waals surface area contributed by atoms with Crippen molar-refractivity contribution >= 4 is 58.3 Å². The van der Waals surface area contributed by atoms with Crippen molar-refractivity contribution in [3.63, 3.8) is 0 Å². The number of hydrogen-bond acceptors (Lipinski definition) is 6. The molecule has 1 unspecified atom stereocenters. The summed E-state index contributed by atoms with van der Waals surface area (Å²) in [6, 6.07) is 14.9. The number of unbranched alkanes of at least 4 members (excludes halogenated alkanes) is 3. The van der Waals surface area contributed by atoms with Crippen molar-refractivity contribution < 1.29 is 28.4 Å². The molecule has 67 heavy (non-hydrogen) atoms. The largest absolute Gasteiger partial charge is 0.349 e. The van der Waals surface area contributed by atoms with Crippen LogP contribution in [0.3, 0.4) is 0 Å². The highest BCUT2D eigenvalue weighted by Crippen LogP contribution is 2.67. The second-order valence-corrected chi connectivity index (χ2v) is 21.7. The lowest BCUT2D eigenvalue weighted by molar-refractivity contribution is -0.139. The minimum absolute atomic E-state index is 0.0466. The van der Waals surface area contributed by atoms with E-state index in [1.807, 2.05) is 25.1 Å². The molecule has 4 amide bonds. The fourth-order valence-corrected chi connectivity index (χ4v) is 14.7. The Balaban J connectivity index is 0.798. The van der Waals surface area contributed by atoms with E-state index < -0.39 is 40.3 Å². The lowest BCUT2D eigenvalue weighted by Gasteiger charge is -2.53. The Morgan fingerprint density at radius 1 is 0.881 bits per heavy atom. The summed E-state index contributed by atoms with van der Waals surface area (Å²) < 4.78 is 16.7. The highest BCUT2D eigenvalue weighted by Gasteiger charge is 2.75. The van der Waals surface area contributed by atoms with Crippen molar-refractivity contribution in [1.29, 1.82) is 0 Å². The Bertz CT molecular complexity index is 2530. The van der Waals surface area contributed by atoms with Gasteiger partial charge < -0.3 is 20.9 Å². The van der Waals surface area contributed by atoms with Crippen LogP contribution in [-0.2, 0) is 37.6 Å². The molecule has 4 atom stereocenters. The SMILES string of the molecule is C=C1CCC(N2Cc3c(CCCCCCC(=O)C45CCC(NC(=O)[C@H]6[C@H](c7cccc(Cl)c7F)[C@]7(C(=O)Nc8cc(Cl)ccc87)C7(CCCCC7)N6CC)(CC4)CC5)cccc3C2=O)C(=O)N1. The van der Waals surface area contributed by atoms with Gasteiger partial charge in [0.15, 0.2) is 0 Å². The first kappa shape index (κ1) is 46.2. The minimum atomic E-state index is -1.29. The van der Waals surface area contributed by atoms with Crippen molar-refractivity contribution in [1.82, 2.24) is 20.4 Å². The highest BCUT2D eigenvalue weighted by molar-refractivity contribution is 6.31. The molecule has 3 aromatic rings. The predicted molar refractivity (Wildman–Crippen MR) is 257 cm³/mol. The number of hydrogen-bond donors (Lipinski definition) is 3. The van der Waals surface area contributed by atoms with Gasteiger partial charge in [0.25, 0.3) is 5.91 Å². The number of carbonyl (C=O) groups excluding carboxylic acids is 5. The molecule has 11 rings (SSSR count). The number of amides is 4. The van der Waals surface area contributed by atoms with Gasteiger partial charge in [-0.2, -0.15) is 0 Å². The van der Waals surface area contributed by atoms with Gasteiger partial charge in [0.2, 0.25) is 17.7 Å². The third-order valence-corrected chi connectivity index (χ3v) is 18.2. The number of benzene rings is 3. The van der Waals surface area contributed by atoms with Gasteiger partial charge in [-0.05, 0) is 137 Å². The Morgan fingerprint density at radius 2 is 1.61 bits per heavy atom. The number of piperidine rings is 1. The van der Waals surface area contributed by atoms with E-state index in [9.17, 15) is 14.4 Å². The second-order valence-electron chi connectivity index (χ2n) is 20.8. The molecule has 4 aliphatic heterocycles. The van der Waals surface area contributed by atoms with Crippen LogP contribution >= 0.6 is 23.2 Å². The van der Waals surface area contributed by atoms with Crippen molar-refractivity contribution in [2.75, 3.05) is 11.9 Å². The zero-order chi connectivity index (χ0) is 46.9. The van der Waals surface area contributed by atoms with Crippen LogP contribution in [0.15, 0.2) is 66.9 Å². The first-order valence-electron chi connectivity index (χ1n) is 24.9. The molecule has 4 aliphatic carbocycles. The summed E-state index contributed by atoms with van der Waals surface area (Å²) >= 11 is 13.1. The average Bonchev–Trinajstić information content (AvgIpc) is 3.90. The lowest BCUT2D eigenvalue weighted by atomic mass is 9.54. The van der Waals surface area contributed by atoms with Crippen molar-refractivity contribution in [3.05, 3.63) is 111 Å².